The first-order valence-corrected chi connectivity index (χ1v) is 6.31. The highest BCUT2D eigenvalue weighted by Crippen LogP contribution is 2.30. The van der Waals surface area contributed by atoms with E-state index in [1.165, 1.54) is 5.56 Å². The van der Waals surface area contributed by atoms with E-state index in [2.05, 4.69) is 24.2 Å². The summed E-state index contributed by atoms with van der Waals surface area (Å²) in [6.07, 6.45) is 0.619. The van der Waals surface area contributed by atoms with Crippen LogP contribution < -0.4 is 0 Å². The van der Waals surface area contributed by atoms with Gasteiger partial charge in [-0.25, -0.2) is 0 Å². The molecule has 1 aromatic carbocycles. The number of carbonyl (C=O) groups is 1. The first-order chi connectivity index (χ1) is 9.00. The van der Waals surface area contributed by atoms with E-state index in [1.807, 2.05) is 26.1 Å². The lowest BCUT2D eigenvalue weighted by Gasteiger charge is -2.08. The molecule has 2 aromatic rings. The summed E-state index contributed by atoms with van der Waals surface area (Å²) in [7, 11) is 1.87. The van der Waals surface area contributed by atoms with E-state index in [9.17, 15) is 4.79 Å². The van der Waals surface area contributed by atoms with E-state index >= 15 is 0 Å². The van der Waals surface area contributed by atoms with Crippen LogP contribution in [0.1, 0.15) is 23.4 Å². The van der Waals surface area contributed by atoms with Crippen molar-refractivity contribution in [3.8, 4) is 11.1 Å². The number of rotatable bonds is 4. The van der Waals surface area contributed by atoms with Gasteiger partial charge in [-0.1, -0.05) is 24.3 Å². The van der Waals surface area contributed by atoms with Gasteiger partial charge in [-0.2, -0.15) is 5.10 Å². The van der Waals surface area contributed by atoms with Gasteiger partial charge in [0.15, 0.2) is 0 Å². The molecule has 19 heavy (non-hydrogen) atoms. The molecule has 0 aliphatic heterocycles. The van der Waals surface area contributed by atoms with Crippen molar-refractivity contribution in [1.29, 1.82) is 0 Å². The summed E-state index contributed by atoms with van der Waals surface area (Å²) < 4.78 is 1.79. The van der Waals surface area contributed by atoms with Crippen LogP contribution in [0.4, 0.5) is 0 Å². The number of hydrogen-bond donors (Lipinski definition) is 1. The van der Waals surface area contributed by atoms with Gasteiger partial charge >= 0.3 is 5.97 Å². The molecule has 1 heterocycles. The Bertz CT molecular complexity index is 615. The SMILES string of the molecule is Cc1ccccc1-c1c(C)nn(C)c1CCC(=O)O. The van der Waals surface area contributed by atoms with Gasteiger partial charge in [0.05, 0.1) is 12.1 Å². The Morgan fingerprint density at radius 2 is 2.00 bits per heavy atom. The van der Waals surface area contributed by atoms with E-state index in [0.717, 1.165) is 22.5 Å². The lowest BCUT2D eigenvalue weighted by Crippen LogP contribution is -2.04. The minimum atomic E-state index is -0.783. The average molecular weight is 258 g/mol. The van der Waals surface area contributed by atoms with Gasteiger partial charge in [0.1, 0.15) is 0 Å². The lowest BCUT2D eigenvalue weighted by molar-refractivity contribution is -0.136. The fourth-order valence-corrected chi connectivity index (χ4v) is 2.42. The van der Waals surface area contributed by atoms with Crippen LogP contribution in [-0.2, 0) is 18.3 Å². The maximum atomic E-state index is 10.8. The number of aromatic nitrogens is 2. The van der Waals surface area contributed by atoms with Crippen molar-refractivity contribution < 1.29 is 9.90 Å². The standard InChI is InChI=1S/C15H18N2O2/c1-10-6-4-5-7-12(10)15-11(2)16-17(3)13(15)8-9-14(18)19/h4-7H,8-9H2,1-3H3,(H,18,19). The van der Waals surface area contributed by atoms with Gasteiger partial charge in [-0.3, -0.25) is 9.48 Å². The summed E-state index contributed by atoms with van der Waals surface area (Å²) in [6.45, 7) is 4.02. The lowest BCUT2D eigenvalue weighted by atomic mass is 9.97. The summed E-state index contributed by atoms with van der Waals surface area (Å²) in [5, 5.41) is 13.3. The van der Waals surface area contributed by atoms with Gasteiger partial charge in [-0.05, 0) is 25.0 Å². The van der Waals surface area contributed by atoms with E-state index in [4.69, 9.17) is 5.11 Å². The van der Waals surface area contributed by atoms with Crippen LogP contribution in [0.15, 0.2) is 24.3 Å². The van der Waals surface area contributed by atoms with Gasteiger partial charge in [0.2, 0.25) is 0 Å². The molecular weight excluding hydrogens is 240 g/mol. The Balaban J connectivity index is 2.50. The van der Waals surface area contributed by atoms with Crippen LogP contribution in [-0.4, -0.2) is 20.9 Å². The molecule has 0 saturated heterocycles. The molecule has 0 atom stereocenters. The minimum Gasteiger partial charge on any atom is -0.481 e. The van der Waals surface area contributed by atoms with Crippen molar-refractivity contribution in [3.05, 3.63) is 41.2 Å². The molecule has 1 aromatic heterocycles. The first-order valence-electron chi connectivity index (χ1n) is 6.31. The van der Waals surface area contributed by atoms with Gasteiger partial charge in [0, 0.05) is 24.7 Å². The molecule has 4 nitrogen and oxygen atoms in total. The van der Waals surface area contributed by atoms with E-state index in [1.54, 1.807) is 4.68 Å². The summed E-state index contributed by atoms with van der Waals surface area (Å²) in [5.41, 5.74) is 5.30. The fraction of sp³-hybridized carbons (Fsp3) is 0.333. The number of carboxylic acids is 1. The Labute approximate surface area is 112 Å². The quantitative estimate of drug-likeness (QED) is 0.917. The molecule has 0 aliphatic rings. The molecule has 100 valence electrons. The molecule has 2 rings (SSSR count). The molecule has 0 aliphatic carbocycles. The number of benzene rings is 1. The number of nitrogens with zero attached hydrogens (tertiary/aromatic N) is 2. The molecule has 0 bridgehead atoms. The van der Waals surface area contributed by atoms with Crippen LogP contribution in [0.3, 0.4) is 0 Å². The summed E-state index contributed by atoms with van der Waals surface area (Å²) in [6, 6.07) is 8.11. The van der Waals surface area contributed by atoms with Crippen LogP contribution in [0.5, 0.6) is 0 Å². The number of aryl methyl sites for hydroxylation is 3. The minimum absolute atomic E-state index is 0.123. The number of aliphatic carboxylic acids is 1. The van der Waals surface area contributed by atoms with Gasteiger partial charge < -0.3 is 5.11 Å². The van der Waals surface area contributed by atoms with Crippen LogP contribution >= 0.6 is 0 Å². The van der Waals surface area contributed by atoms with E-state index in [-0.39, 0.29) is 6.42 Å². The highest BCUT2D eigenvalue weighted by Gasteiger charge is 2.17. The van der Waals surface area contributed by atoms with E-state index < -0.39 is 5.97 Å². The largest absolute Gasteiger partial charge is 0.481 e. The monoisotopic (exact) mass is 258 g/mol. The highest BCUT2D eigenvalue weighted by molar-refractivity contribution is 5.73. The second-order valence-electron chi connectivity index (χ2n) is 4.74. The number of hydrogen-bond acceptors (Lipinski definition) is 2. The second-order valence-corrected chi connectivity index (χ2v) is 4.74. The molecule has 0 unspecified atom stereocenters. The van der Waals surface area contributed by atoms with Crippen LogP contribution in [0, 0.1) is 13.8 Å². The van der Waals surface area contributed by atoms with Crippen molar-refractivity contribution >= 4 is 5.97 Å². The summed E-state index contributed by atoms with van der Waals surface area (Å²) in [5.74, 6) is -0.783. The zero-order chi connectivity index (χ0) is 14.0. The zero-order valence-electron chi connectivity index (χ0n) is 11.5. The van der Waals surface area contributed by atoms with Crippen molar-refractivity contribution in [2.45, 2.75) is 26.7 Å². The zero-order valence-corrected chi connectivity index (χ0v) is 11.5. The molecule has 0 spiro atoms. The third kappa shape index (κ3) is 2.67. The second kappa shape index (κ2) is 5.26. The van der Waals surface area contributed by atoms with Crippen LogP contribution in [0.2, 0.25) is 0 Å². The van der Waals surface area contributed by atoms with Crippen molar-refractivity contribution in [3.63, 3.8) is 0 Å². The predicted molar refractivity (Wildman–Crippen MR) is 74.1 cm³/mol. The third-order valence-electron chi connectivity index (χ3n) is 3.33. The third-order valence-corrected chi connectivity index (χ3v) is 3.33. The van der Waals surface area contributed by atoms with Crippen molar-refractivity contribution in [2.75, 3.05) is 0 Å². The molecule has 0 saturated carbocycles. The average Bonchev–Trinajstić information content (AvgIpc) is 2.62. The maximum Gasteiger partial charge on any atom is 0.303 e. The Kier molecular flexibility index (Phi) is 3.69. The molecule has 1 N–H and O–H groups in total. The van der Waals surface area contributed by atoms with Gasteiger partial charge in [0.25, 0.3) is 0 Å². The molecule has 0 fully saturated rings. The fourth-order valence-electron chi connectivity index (χ4n) is 2.42. The first kappa shape index (κ1) is 13.3. The smallest absolute Gasteiger partial charge is 0.303 e. The van der Waals surface area contributed by atoms with E-state index in [0.29, 0.717) is 6.42 Å². The van der Waals surface area contributed by atoms with Crippen molar-refractivity contribution in [1.82, 2.24) is 9.78 Å². The predicted octanol–water partition coefficient (Wildman–Crippen LogP) is 2.72. The summed E-state index contributed by atoms with van der Waals surface area (Å²) in [4.78, 5) is 10.8. The molecule has 0 radical (unpaired) electrons. The highest BCUT2D eigenvalue weighted by atomic mass is 16.4. The van der Waals surface area contributed by atoms with Crippen molar-refractivity contribution in [2.24, 2.45) is 7.05 Å². The Morgan fingerprint density at radius 1 is 1.32 bits per heavy atom. The maximum absolute atomic E-state index is 10.8. The Hall–Kier alpha value is -2.10. The molecule has 0 amide bonds. The summed E-state index contributed by atoms with van der Waals surface area (Å²) >= 11 is 0. The molecular formula is C15H18N2O2. The number of carboxylic acid groups (broad SMARTS) is 1. The van der Waals surface area contributed by atoms with Crippen LogP contribution in [0.25, 0.3) is 11.1 Å². The normalized spacial score (nSPS) is 10.7. The Morgan fingerprint density at radius 3 is 2.63 bits per heavy atom. The topological polar surface area (TPSA) is 55.1 Å². The van der Waals surface area contributed by atoms with Gasteiger partial charge in [-0.15, -0.1) is 0 Å². The molecule has 4 heteroatoms.